The van der Waals surface area contributed by atoms with Gasteiger partial charge in [-0.2, -0.15) is 4.98 Å². The molecule has 206 valence electrons. The van der Waals surface area contributed by atoms with E-state index in [9.17, 15) is 0 Å². The number of hydrogen-bond acceptors (Lipinski definition) is 8. The molecule has 8 nitrogen and oxygen atoms in total. The van der Waals surface area contributed by atoms with Gasteiger partial charge in [0.05, 0.1) is 36.2 Å². The zero-order valence-corrected chi connectivity index (χ0v) is 24.1. The fraction of sp³-hybridized carbons (Fsp3) is 0.419. The fourth-order valence-electron chi connectivity index (χ4n) is 5.07. The summed E-state index contributed by atoms with van der Waals surface area (Å²) in [5, 5.41) is 4.84. The quantitative estimate of drug-likeness (QED) is 0.326. The van der Waals surface area contributed by atoms with E-state index in [1.54, 1.807) is 0 Å². The number of para-hydroxylation sites is 1. The van der Waals surface area contributed by atoms with Gasteiger partial charge < -0.3 is 20.7 Å². The first-order valence-corrected chi connectivity index (χ1v) is 13.8. The highest BCUT2D eigenvalue weighted by Gasteiger charge is 2.24. The lowest BCUT2D eigenvalue weighted by Gasteiger charge is -2.32. The number of fused-ring (bicyclic) bond motifs is 1. The van der Waals surface area contributed by atoms with Crippen LogP contribution in [0.5, 0.6) is 0 Å². The lowest BCUT2D eigenvalue weighted by atomic mass is 10.00. The van der Waals surface area contributed by atoms with Gasteiger partial charge in [0.25, 0.3) is 0 Å². The van der Waals surface area contributed by atoms with Crippen molar-refractivity contribution in [2.45, 2.75) is 53.5 Å². The second kappa shape index (κ2) is 12.8. The van der Waals surface area contributed by atoms with Gasteiger partial charge in [-0.3, -0.25) is 4.99 Å². The van der Waals surface area contributed by atoms with E-state index in [2.05, 4.69) is 83.2 Å². The van der Waals surface area contributed by atoms with Crippen molar-refractivity contribution >= 4 is 40.3 Å². The number of hydrogen-bond donors (Lipinski definition) is 2. The summed E-state index contributed by atoms with van der Waals surface area (Å²) in [7, 11) is 1.81. The monoisotopic (exact) mass is 527 g/mol. The molecule has 0 saturated carbocycles. The van der Waals surface area contributed by atoms with E-state index < -0.39 is 0 Å². The summed E-state index contributed by atoms with van der Waals surface area (Å²) < 4.78 is 5.65. The smallest absolute Gasteiger partial charge is 0.222 e. The Labute approximate surface area is 232 Å². The van der Waals surface area contributed by atoms with E-state index in [4.69, 9.17) is 15.5 Å². The number of nitrogen functional groups attached to an aromatic ring is 1. The highest BCUT2D eigenvalue weighted by atomic mass is 16.5. The van der Waals surface area contributed by atoms with Crippen LogP contribution < -0.4 is 16.0 Å². The van der Waals surface area contributed by atoms with Gasteiger partial charge in [-0.25, -0.2) is 9.97 Å². The minimum Gasteiger partial charge on any atom is -0.378 e. The Morgan fingerprint density at radius 2 is 1.95 bits per heavy atom. The fourth-order valence-corrected chi connectivity index (χ4v) is 5.07. The molecular weight excluding hydrogens is 486 g/mol. The van der Waals surface area contributed by atoms with E-state index in [-0.39, 0.29) is 12.0 Å². The molecule has 4 rings (SSSR count). The Morgan fingerprint density at radius 3 is 2.64 bits per heavy atom. The summed E-state index contributed by atoms with van der Waals surface area (Å²) in [6, 6.07) is 8.57. The van der Waals surface area contributed by atoms with Gasteiger partial charge in [-0.15, -0.1) is 0 Å². The van der Waals surface area contributed by atoms with Gasteiger partial charge in [0.1, 0.15) is 11.6 Å². The molecule has 3 heterocycles. The van der Waals surface area contributed by atoms with E-state index in [1.807, 2.05) is 26.1 Å². The standard InChI is InChI=1S/C31H41N7O/c1-7-10-20(3)27(33-6)14-13-24-22(5)34-31(32)37-29(24)35-26(8-2)25-19-23-12-9-11-21(4)28(23)36-30(25)38-15-17-39-18-16-38/h9-14,19,26H,7-8,15-18H2,1-6H3,(H3,32,34,35,37)/b14-13+,20-10-,33-27?. The van der Waals surface area contributed by atoms with Crippen LogP contribution in [0, 0.1) is 13.8 Å². The normalized spacial score (nSPS) is 15.8. The third kappa shape index (κ3) is 6.45. The number of nitrogens with one attached hydrogen (secondary N) is 1. The van der Waals surface area contributed by atoms with Crippen LogP contribution in [-0.4, -0.2) is 54.0 Å². The zero-order chi connectivity index (χ0) is 27.9. The molecule has 0 spiro atoms. The topological polar surface area (TPSA) is 102 Å². The second-order valence-electron chi connectivity index (χ2n) is 9.92. The number of aromatic nitrogens is 3. The van der Waals surface area contributed by atoms with Crippen molar-refractivity contribution in [1.29, 1.82) is 0 Å². The molecule has 1 fully saturated rings. The Hall–Kier alpha value is -3.78. The lowest BCUT2D eigenvalue weighted by molar-refractivity contribution is 0.122. The van der Waals surface area contributed by atoms with Crippen LogP contribution in [0.4, 0.5) is 17.6 Å². The lowest BCUT2D eigenvalue weighted by Crippen LogP contribution is -2.38. The van der Waals surface area contributed by atoms with Crippen LogP contribution in [0.1, 0.15) is 62.0 Å². The zero-order valence-electron chi connectivity index (χ0n) is 24.1. The van der Waals surface area contributed by atoms with Crippen LogP contribution in [0.2, 0.25) is 0 Å². The van der Waals surface area contributed by atoms with E-state index in [1.165, 1.54) is 5.56 Å². The SMILES string of the molecule is CC/C=C(/C)C(/C=C/c1c(C)nc(N)nc1NC(CC)c1cc2cccc(C)c2nc1N1CCOCC1)=NC. The molecule has 1 saturated heterocycles. The first-order chi connectivity index (χ1) is 18.9. The van der Waals surface area contributed by atoms with Crippen molar-refractivity contribution in [2.75, 3.05) is 49.3 Å². The first-order valence-electron chi connectivity index (χ1n) is 13.8. The third-order valence-corrected chi connectivity index (χ3v) is 7.18. The van der Waals surface area contributed by atoms with Crippen LogP contribution >= 0.6 is 0 Å². The van der Waals surface area contributed by atoms with E-state index in [0.717, 1.165) is 70.8 Å². The number of benzene rings is 1. The molecule has 1 atom stereocenters. The predicted octanol–water partition coefficient (Wildman–Crippen LogP) is 6.06. The molecule has 3 N–H and O–H groups in total. The Morgan fingerprint density at radius 1 is 1.18 bits per heavy atom. The Balaban J connectivity index is 1.78. The second-order valence-corrected chi connectivity index (χ2v) is 9.92. The molecule has 1 aliphatic rings. The van der Waals surface area contributed by atoms with Gasteiger partial charge in [-0.1, -0.05) is 38.1 Å². The van der Waals surface area contributed by atoms with Gasteiger partial charge in [-0.05, 0) is 63.0 Å². The molecule has 1 unspecified atom stereocenters. The average molecular weight is 528 g/mol. The molecule has 39 heavy (non-hydrogen) atoms. The van der Waals surface area contributed by atoms with E-state index in [0.29, 0.717) is 19.0 Å². The van der Waals surface area contributed by atoms with Crippen molar-refractivity contribution < 1.29 is 4.74 Å². The summed E-state index contributed by atoms with van der Waals surface area (Å²) in [4.78, 5) is 21.1. The Kier molecular flexibility index (Phi) is 9.30. The molecular formula is C31H41N7O. The maximum absolute atomic E-state index is 6.14. The predicted molar refractivity (Wildman–Crippen MR) is 164 cm³/mol. The van der Waals surface area contributed by atoms with Crippen LogP contribution in [0.3, 0.4) is 0 Å². The van der Waals surface area contributed by atoms with Crippen molar-refractivity contribution in [3.63, 3.8) is 0 Å². The number of allylic oxidation sites excluding steroid dienone is 3. The molecule has 1 aliphatic heterocycles. The molecule has 0 aliphatic carbocycles. The molecule has 3 aromatic rings. The number of rotatable bonds is 9. The number of nitrogens with two attached hydrogens (primary N) is 1. The van der Waals surface area contributed by atoms with Crippen molar-refractivity contribution in [3.05, 3.63) is 64.4 Å². The number of pyridine rings is 1. The number of aliphatic imine (C=N–C) groups is 1. The van der Waals surface area contributed by atoms with Crippen molar-refractivity contribution in [2.24, 2.45) is 4.99 Å². The van der Waals surface area contributed by atoms with E-state index >= 15 is 0 Å². The van der Waals surface area contributed by atoms with Crippen molar-refractivity contribution in [3.8, 4) is 0 Å². The maximum atomic E-state index is 6.14. The summed E-state index contributed by atoms with van der Waals surface area (Å²) in [6.45, 7) is 13.5. The number of aryl methyl sites for hydroxylation is 2. The minimum atomic E-state index is -0.0397. The van der Waals surface area contributed by atoms with Gasteiger partial charge in [0, 0.05) is 36.7 Å². The van der Waals surface area contributed by atoms with Gasteiger partial charge >= 0.3 is 0 Å². The van der Waals surface area contributed by atoms with Gasteiger partial charge in [0.15, 0.2) is 0 Å². The molecule has 0 amide bonds. The highest BCUT2D eigenvalue weighted by Crippen LogP contribution is 2.34. The summed E-state index contributed by atoms with van der Waals surface area (Å²) in [5.41, 5.74) is 13.2. The van der Waals surface area contributed by atoms with Crippen LogP contribution in [-0.2, 0) is 4.74 Å². The highest BCUT2D eigenvalue weighted by molar-refractivity contribution is 6.10. The number of nitrogens with zero attached hydrogens (tertiary/aromatic N) is 5. The van der Waals surface area contributed by atoms with Crippen LogP contribution in [0.15, 0.2) is 47.0 Å². The van der Waals surface area contributed by atoms with Crippen LogP contribution in [0.25, 0.3) is 17.0 Å². The molecule has 0 radical (unpaired) electrons. The molecule has 1 aromatic carbocycles. The minimum absolute atomic E-state index is 0.0397. The largest absolute Gasteiger partial charge is 0.378 e. The third-order valence-electron chi connectivity index (χ3n) is 7.18. The number of ether oxygens (including phenoxy) is 1. The molecule has 8 heteroatoms. The number of anilines is 3. The summed E-state index contributed by atoms with van der Waals surface area (Å²) in [5.74, 6) is 1.94. The first kappa shape index (κ1) is 28.2. The average Bonchev–Trinajstić information content (AvgIpc) is 2.93. The Bertz CT molecular complexity index is 1400. The number of morpholine rings is 1. The molecule has 2 aromatic heterocycles. The van der Waals surface area contributed by atoms with Gasteiger partial charge in [0.2, 0.25) is 5.95 Å². The summed E-state index contributed by atoms with van der Waals surface area (Å²) >= 11 is 0. The molecule has 0 bridgehead atoms. The summed E-state index contributed by atoms with van der Waals surface area (Å²) in [6.07, 6.45) is 8.02. The van der Waals surface area contributed by atoms with Crippen molar-refractivity contribution in [1.82, 2.24) is 15.0 Å². The maximum Gasteiger partial charge on any atom is 0.222 e.